The van der Waals surface area contributed by atoms with Crippen LogP contribution in [0.1, 0.15) is 29.3 Å². The van der Waals surface area contributed by atoms with Crippen LogP contribution in [0.2, 0.25) is 0 Å². The Morgan fingerprint density at radius 3 is 2.62 bits per heavy atom. The zero-order valence-corrected chi connectivity index (χ0v) is 12.4. The number of benzene rings is 1. The van der Waals surface area contributed by atoms with E-state index in [0.29, 0.717) is 12.1 Å². The average molecular weight is 314 g/mol. The van der Waals surface area contributed by atoms with Crippen LogP contribution in [0.4, 0.5) is 0 Å². The third-order valence-electron chi connectivity index (χ3n) is 2.58. The summed E-state index contributed by atoms with van der Waals surface area (Å²) in [5.41, 5.74) is 0.408. The van der Waals surface area contributed by atoms with Crippen LogP contribution in [0.5, 0.6) is 0 Å². The Kier molecular flexibility index (Phi) is 6.32. The number of sulfonamides is 1. The van der Waals surface area contributed by atoms with Crippen LogP contribution >= 0.6 is 0 Å². The minimum absolute atomic E-state index is 0.00673. The predicted molar refractivity (Wildman–Crippen MR) is 77.3 cm³/mol. The van der Waals surface area contributed by atoms with Crippen molar-refractivity contribution in [1.29, 1.82) is 0 Å². The molecule has 0 aliphatic heterocycles. The molecule has 0 spiro atoms. The second kappa shape index (κ2) is 7.75. The van der Waals surface area contributed by atoms with Crippen LogP contribution in [0.25, 0.3) is 0 Å². The molecule has 3 N–H and O–H groups in total. The van der Waals surface area contributed by atoms with Crippen molar-refractivity contribution in [1.82, 2.24) is 10.0 Å². The van der Waals surface area contributed by atoms with Crippen molar-refractivity contribution in [2.24, 2.45) is 0 Å². The molecule has 0 saturated heterocycles. The number of aromatic carboxylic acids is 1. The molecular weight excluding hydrogens is 296 g/mol. The number of hydrogen-bond donors (Lipinski definition) is 3. The van der Waals surface area contributed by atoms with Gasteiger partial charge in [0.25, 0.3) is 0 Å². The molecule has 7 nitrogen and oxygen atoms in total. The van der Waals surface area contributed by atoms with E-state index in [2.05, 4.69) is 10.0 Å². The highest BCUT2D eigenvalue weighted by Crippen LogP contribution is 2.08. The highest BCUT2D eigenvalue weighted by Gasteiger charge is 2.13. The smallest absolute Gasteiger partial charge is 0.335 e. The van der Waals surface area contributed by atoms with Crippen LogP contribution < -0.4 is 10.0 Å². The highest BCUT2D eigenvalue weighted by atomic mass is 32.2. The standard InChI is InChI=1S/C13H18N2O5S/c1-2-14-12(16)6-7-15-21(19,20)9-10-4-3-5-11(8-10)13(17)18/h3-5,8,15H,2,6-7,9H2,1H3,(H,14,16)(H,17,18). The molecule has 0 radical (unpaired) electrons. The van der Waals surface area contributed by atoms with Crippen LogP contribution in [-0.4, -0.2) is 38.5 Å². The first-order valence-corrected chi connectivity index (χ1v) is 8.05. The molecular formula is C13H18N2O5S. The monoisotopic (exact) mass is 314 g/mol. The first-order chi connectivity index (χ1) is 9.84. The summed E-state index contributed by atoms with van der Waals surface area (Å²) >= 11 is 0. The van der Waals surface area contributed by atoms with Crippen LogP contribution in [0.3, 0.4) is 0 Å². The molecule has 0 bridgehead atoms. The highest BCUT2D eigenvalue weighted by molar-refractivity contribution is 7.88. The van der Waals surface area contributed by atoms with Crippen LogP contribution in [0, 0.1) is 0 Å². The van der Waals surface area contributed by atoms with Gasteiger partial charge in [0.2, 0.25) is 15.9 Å². The molecule has 1 aromatic carbocycles. The van der Waals surface area contributed by atoms with Crippen LogP contribution in [0.15, 0.2) is 24.3 Å². The van der Waals surface area contributed by atoms with Gasteiger partial charge in [-0.15, -0.1) is 0 Å². The number of hydrogen-bond acceptors (Lipinski definition) is 4. The minimum Gasteiger partial charge on any atom is -0.478 e. The molecule has 0 unspecified atom stereocenters. The van der Waals surface area contributed by atoms with Crippen molar-refractivity contribution in [3.63, 3.8) is 0 Å². The van der Waals surface area contributed by atoms with Gasteiger partial charge in [0, 0.05) is 19.5 Å². The van der Waals surface area contributed by atoms with E-state index in [-0.39, 0.29) is 30.2 Å². The van der Waals surface area contributed by atoms with Crippen molar-refractivity contribution in [2.45, 2.75) is 19.1 Å². The first-order valence-electron chi connectivity index (χ1n) is 6.40. The van der Waals surface area contributed by atoms with Gasteiger partial charge in [0.1, 0.15) is 0 Å². The number of carboxylic acids is 1. The molecule has 0 heterocycles. The maximum atomic E-state index is 11.8. The Morgan fingerprint density at radius 1 is 1.29 bits per heavy atom. The topological polar surface area (TPSA) is 113 Å². The third kappa shape index (κ3) is 6.37. The van der Waals surface area contributed by atoms with Gasteiger partial charge >= 0.3 is 5.97 Å². The van der Waals surface area contributed by atoms with E-state index in [9.17, 15) is 18.0 Å². The molecule has 0 saturated carbocycles. The van der Waals surface area contributed by atoms with Crippen molar-refractivity contribution in [3.05, 3.63) is 35.4 Å². The number of amides is 1. The number of carbonyl (C=O) groups is 2. The molecule has 1 amide bonds. The van der Waals surface area contributed by atoms with E-state index in [1.54, 1.807) is 6.92 Å². The molecule has 0 aliphatic carbocycles. The van der Waals surface area contributed by atoms with Crippen molar-refractivity contribution < 1.29 is 23.1 Å². The fourth-order valence-corrected chi connectivity index (χ4v) is 2.80. The largest absolute Gasteiger partial charge is 0.478 e. The summed E-state index contributed by atoms with van der Waals surface area (Å²) in [5, 5.41) is 11.4. The third-order valence-corrected chi connectivity index (χ3v) is 3.94. The van der Waals surface area contributed by atoms with Gasteiger partial charge < -0.3 is 10.4 Å². The second-order valence-electron chi connectivity index (χ2n) is 4.36. The molecule has 116 valence electrons. The minimum atomic E-state index is -3.61. The molecule has 0 fully saturated rings. The summed E-state index contributed by atoms with van der Waals surface area (Å²) in [6.07, 6.45) is 0.0578. The van der Waals surface area contributed by atoms with Gasteiger partial charge in [0.15, 0.2) is 0 Å². The molecule has 8 heteroatoms. The zero-order valence-electron chi connectivity index (χ0n) is 11.6. The first kappa shape index (κ1) is 17.1. The number of nitrogens with one attached hydrogen (secondary N) is 2. The van der Waals surface area contributed by atoms with Crippen molar-refractivity contribution in [3.8, 4) is 0 Å². The fraction of sp³-hybridized carbons (Fsp3) is 0.385. The van der Waals surface area contributed by atoms with Crippen molar-refractivity contribution >= 4 is 21.9 Å². The molecule has 21 heavy (non-hydrogen) atoms. The Bertz CT molecular complexity index is 613. The molecule has 1 rings (SSSR count). The van der Waals surface area contributed by atoms with E-state index < -0.39 is 16.0 Å². The Hall–Kier alpha value is -1.93. The molecule has 0 aromatic heterocycles. The summed E-state index contributed by atoms with van der Waals surface area (Å²) in [4.78, 5) is 22.0. The summed E-state index contributed by atoms with van der Waals surface area (Å²) in [7, 11) is -3.61. The fourth-order valence-electron chi connectivity index (χ4n) is 1.67. The van der Waals surface area contributed by atoms with E-state index in [4.69, 9.17) is 5.11 Å². The lowest BCUT2D eigenvalue weighted by atomic mass is 10.1. The number of carboxylic acid groups (broad SMARTS) is 1. The normalized spacial score (nSPS) is 11.1. The average Bonchev–Trinajstić information content (AvgIpc) is 2.38. The van der Waals surface area contributed by atoms with Crippen LogP contribution in [-0.2, 0) is 20.6 Å². The van der Waals surface area contributed by atoms with E-state index in [1.807, 2.05) is 0 Å². The van der Waals surface area contributed by atoms with E-state index >= 15 is 0 Å². The predicted octanol–water partition coefficient (Wildman–Crippen LogP) is 0.330. The zero-order chi connectivity index (χ0) is 15.9. The summed E-state index contributed by atoms with van der Waals surface area (Å²) in [6.45, 7) is 2.28. The number of carbonyl (C=O) groups excluding carboxylic acids is 1. The van der Waals surface area contributed by atoms with E-state index in [1.165, 1.54) is 24.3 Å². The molecule has 0 atom stereocenters. The number of rotatable bonds is 8. The Morgan fingerprint density at radius 2 is 2.00 bits per heavy atom. The van der Waals surface area contributed by atoms with Crippen molar-refractivity contribution in [2.75, 3.05) is 13.1 Å². The van der Waals surface area contributed by atoms with E-state index in [0.717, 1.165) is 0 Å². The lowest BCUT2D eigenvalue weighted by Gasteiger charge is -2.07. The SMILES string of the molecule is CCNC(=O)CCNS(=O)(=O)Cc1cccc(C(=O)O)c1. The van der Waals surface area contributed by atoms with Gasteiger partial charge in [-0.2, -0.15) is 0 Å². The Labute approximate surface area is 123 Å². The lowest BCUT2D eigenvalue weighted by Crippen LogP contribution is -2.31. The van der Waals surface area contributed by atoms with Gasteiger partial charge in [-0.3, -0.25) is 4.79 Å². The maximum Gasteiger partial charge on any atom is 0.335 e. The maximum absolute atomic E-state index is 11.8. The molecule has 1 aromatic rings. The summed E-state index contributed by atoms with van der Waals surface area (Å²) in [5.74, 6) is -1.67. The van der Waals surface area contributed by atoms with Gasteiger partial charge in [-0.1, -0.05) is 12.1 Å². The quantitative estimate of drug-likeness (QED) is 0.640. The lowest BCUT2D eigenvalue weighted by molar-refractivity contribution is -0.120. The molecule has 0 aliphatic rings. The Balaban J connectivity index is 2.58. The summed E-state index contributed by atoms with van der Waals surface area (Å²) in [6, 6.07) is 5.73. The van der Waals surface area contributed by atoms with Gasteiger partial charge in [-0.25, -0.2) is 17.9 Å². The summed E-state index contributed by atoms with van der Waals surface area (Å²) < 4.78 is 26.0. The van der Waals surface area contributed by atoms with Gasteiger partial charge in [0.05, 0.1) is 11.3 Å². The second-order valence-corrected chi connectivity index (χ2v) is 6.17. The van der Waals surface area contributed by atoms with Gasteiger partial charge in [-0.05, 0) is 24.6 Å².